The summed E-state index contributed by atoms with van der Waals surface area (Å²) in [6, 6.07) is 9.06. The summed E-state index contributed by atoms with van der Waals surface area (Å²) in [5, 5.41) is 3.61. The molecule has 122 valence electrons. The topological polar surface area (TPSA) is 89.8 Å². The highest BCUT2D eigenvalue weighted by Gasteiger charge is 2.10. The largest absolute Gasteiger partial charge is 0.325 e. The second-order valence-corrected chi connectivity index (χ2v) is 6.15. The van der Waals surface area contributed by atoms with E-state index in [1.54, 1.807) is 12.1 Å². The first-order valence-corrected chi connectivity index (χ1v) is 8.36. The van der Waals surface area contributed by atoms with E-state index in [0.29, 0.717) is 21.9 Å². The van der Waals surface area contributed by atoms with Crippen LogP contribution in [0, 0.1) is 0 Å². The van der Waals surface area contributed by atoms with Gasteiger partial charge in [0.1, 0.15) is 18.3 Å². The Bertz CT molecular complexity index is 927. The molecule has 2 aromatic heterocycles. The predicted octanol–water partition coefficient (Wildman–Crippen LogP) is 1.94. The first kappa shape index (κ1) is 16.1. The number of thioether (sulfide) groups is 1. The number of anilines is 1. The third-order valence-corrected chi connectivity index (χ3v) is 3.95. The number of carbonyl (C=O) groups is 1. The van der Waals surface area contributed by atoms with Crippen molar-refractivity contribution in [1.29, 1.82) is 0 Å². The molecule has 1 amide bonds. The molecular formula is C16H15N5O2S. The van der Waals surface area contributed by atoms with E-state index in [4.69, 9.17) is 0 Å². The van der Waals surface area contributed by atoms with Crippen LogP contribution in [0.4, 0.5) is 5.69 Å². The zero-order valence-electron chi connectivity index (χ0n) is 13.0. The van der Waals surface area contributed by atoms with Gasteiger partial charge >= 0.3 is 0 Å². The third-order valence-electron chi connectivity index (χ3n) is 3.20. The van der Waals surface area contributed by atoms with E-state index in [1.165, 1.54) is 28.9 Å². The fourth-order valence-corrected chi connectivity index (χ4v) is 2.66. The first-order chi connectivity index (χ1) is 11.7. The zero-order valence-corrected chi connectivity index (χ0v) is 13.8. The van der Waals surface area contributed by atoms with Gasteiger partial charge in [-0.1, -0.05) is 36.9 Å². The predicted molar refractivity (Wildman–Crippen MR) is 93.1 cm³/mol. The van der Waals surface area contributed by atoms with Crippen molar-refractivity contribution in [1.82, 2.24) is 19.5 Å². The van der Waals surface area contributed by atoms with E-state index in [1.807, 2.05) is 25.1 Å². The Balaban J connectivity index is 1.82. The fourth-order valence-electron chi connectivity index (χ4n) is 2.13. The van der Waals surface area contributed by atoms with E-state index in [-0.39, 0.29) is 18.0 Å². The molecule has 0 aliphatic heterocycles. The summed E-state index contributed by atoms with van der Waals surface area (Å²) in [6.07, 6.45) is 2.80. The summed E-state index contributed by atoms with van der Waals surface area (Å²) in [5.41, 5.74) is 0.677. The van der Waals surface area contributed by atoms with Crippen molar-refractivity contribution >= 4 is 34.4 Å². The molecule has 0 unspecified atom stereocenters. The van der Waals surface area contributed by atoms with Crippen molar-refractivity contribution < 1.29 is 4.79 Å². The highest BCUT2D eigenvalue weighted by molar-refractivity contribution is 7.99. The maximum absolute atomic E-state index is 12.4. The molecule has 0 bridgehead atoms. The van der Waals surface area contributed by atoms with Gasteiger partial charge in [0.2, 0.25) is 5.91 Å². The molecule has 2 heterocycles. The Hall–Kier alpha value is -2.74. The van der Waals surface area contributed by atoms with Gasteiger partial charge in [-0.15, -0.1) is 0 Å². The maximum Gasteiger partial charge on any atom is 0.264 e. The maximum atomic E-state index is 12.4. The van der Waals surface area contributed by atoms with Gasteiger partial charge in [-0.3, -0.25) is 14.2 Å². The van der Waals surface area contributed by atoms with Gasteiger partial charge in [-0.25, -0.2) is 15.0 Å². The molecule has 0 atom stereocenters. The van der Waals surface area contributed by atoms with E-state index >= 15 is 0 Å². The Morgan fingerprint density at radius 2 is 2.04 bits per heavy atom. The van der Waals surface area contributed by atoms with Gasteiger partial charge in [0.05, 0.1) is 0 Å². The summed E-state index contributed by atoms with van der Waals surface area (Å²) in [4.78, 5) is 37.1. The first-order valence-electron chi connectivity index (χ1n) is 7.37. The van der Waals surface area contributed by atoms with Crippen LogP contribution in [0.1, 0.15) is 6.92 Å². The van der Waals surface area contributed by atoms with Crippen molar-refractivity contribution in [2.45, 2.75) is 18.6 Å². The standard InChI is InChI=1S/C16H15N5O2S/c1-2-24-16-17-8-12-14(20-16)18-10-21(15(12)23)9-13(22)19-11-6-4-3-5-7-11/h3-8,10H,2,9H2,1H3,(H,19,22). The number of rotatable bonds is 5. The molecule has 0 radical (unpaired) electrons. The Morgan fingerprint density at radius 1 is 1.25 bits per heavy atom. The molecule has 7 nitrogen and oxygen atoms in total. The van der Waals surface area contributed by atoms with Crippen molar-refractivity contribution in [3.05, 3.63) is 53.2 Å². The molecule has 8 heteroatoms. The third kappa shape index (κ3) is 3.60. The van der Waals surface area contributed by atoms with Crippen LogP contribution >= 0.6 is 11.8 Å². The van der Waals surface area contributed by atoms with Crippen LogP contribution in [0.5, 0.6) is 0 Å². The summed E-state index contributed by atoms with van der Waals surface area (Å²) < 4.78 is 1.25. The number of carbonyl (C=O) groups excluding carboxylic acids is 1. The van der Waals surface area contributed by atoms with Gasteiger partial charge in [0, 0.05) is 11.9 Å². The lowest BCUT2D eigenvalue weighted by Crippen LogP contribution is -2.28. The van der Waals surface area contributed by atoms with Crippen LogP contribution in [-0.4, -0.2) is 31.2 Å². The zero-order chi connectivity index (χ0) is 16.9. The average Bonchev–Trinajstić information content (AvgIpc) is 2.59. The number of para-hydroxylation sites is 1. The van der Waals surface area contributed by atoms with Crippen LogP contribution in [-0.2, 0) is 11.3 Å². The van der Waals surface area contributed by atoms with Crippen molar-refractivity contribution in [3.8, 4) is 0 Å². The van der Waals surface area contributed by atoms with Crippen LogP contribution < -0.4 is 10.9 Å². The molecule has 24 heavy (non-hydrogen) atoms. The summed E-state index contributed by atoms with van der Waals surface area (Å²) in [6.45, 7) is 1.87. The number of aromatic nitrogens is 4. The number of hydrogen-bond acceptors (Lipinski definition) is 6. The molecule has 0 aliphatic carbocycles. The number of nitrogens with one attached hydrogen (secondary N) is 1. The SMILES string of the molecule is CCSc1ncc2c(=O)n(CC(=O)Nc3ccccc3)cnc2n1. The van der Waals surface area contributed by atoms with Gasteiger partial charge in [0.15, 0.2) is 10.8 Å². The van der Waals surface area contributed by atoms with E-state index in [0.717, 1.165) is 5.75 Å². The fraction of sp³-hybridized carbons (Fsp3) is 0.188. The van der Waals surface area contributed by atoms with Gasteiger partial charge in [-0.05, 0) is 17.9 Å². The van der Waals surface area contributed by atoms with Crippen LogP contribution in [0.15, 0.2) is 52.8 Å². The Morgan fingerprint density at radius 3 is 2.79 bits per heavy atom. The molecule has 3 rings (SSSR count). The molecular weight excluding hydrogens is 326 g/mol. The highest BCUT2D eigenvalue weighted by Crippen LogP contribution is 2.13. The smallest absolute Gasteiger partial charge is 0.264 e. The quantitative estimate of drug-likeness (QED) is 0.563. The molecule has 3 aromatic rings. The minimum absolute atomic E-state index is 0.123. The van der Waals surface area contributed by atoms with Crippen molar-refractivity contribution in [3.63, 3.8) is 0 Å². The number of nitrogens with zero attached hydrogens (tertiary/aromatic N) is 4. The monoisotopic (exact) mass is 341 g/mol. The van der Waals surface area contributed by atoms with Crippen molar-refractivity contribution in [2.24, 2.45) is 0 Å². The molecule has 0 saturated heterocycles. The molecule has 1 N–H and O–H groups in total. The highest BCUT2D eigenvalue weighted by atomic mass is 32.2. The number of amides is 1. The molecule has 1 aromatic carbocycles. The second-order valence-electron chi connectivity index (χ2n) is 4.91. The molecule has 0 fully saturated rings. The molecule has 0 aliphatic rings. The summed E-state index contributed by atoms with van der Waals surface area (Å²) >= 11 is 1.48. The lowest BCUT2D eigenvalue weighted by Gasteiger charge is -2.08. The minimum Gasteiger partial charge on any atom is -0.325 e. The second kappa shape index (κ2) is 7.22. The number of fused-ring (bicyclic) bond motifs is 1. The van der Waals surface area contributed by atoms with E-state index in [2.05, 4.69) is 20.3 Å². The molecule has 0 saturated carbocycles. The summed E-state index contributed by atoms with van der Waals surface area (Å²) in [5.74, 6) is 0.533. The Labute approximate surface area is 142 Å². The van der Waals surface area contributed by atoms with Crippen LogP contribution in [0.25, 0.3) is 11.0 Å². The van der Waals surface area contributed by atoms with Crippen molar-refractivity contribution in [2.75, 3.05) is 11.1 Å². The van der Waals surface area contributed by atoms with Crippen LogP contribution in [0.3, 0.4) is 0 Å². The average molecular weight is 341 g/mol. The van der Waals surface area contributed by atoms with E-state index in [9.17, 15) is 9.59 Å². The number of hydrogen-bond donors (Lipinski definition) is 1. The number of benzene rings is 1. The lowest BCUT2D eigenvalue weighted by molar-refractivity contribution is -0.116. The summed E-state index contributed by atoms with van der Waals surface area (Å²) in [7, 11) is 0. The Kier molecular flexibility index (Phi) is 4.85. The minimum atomic E-state index is -0.337. The van der Waals surface area contributed by atoms with Gasteiger partial charge in [-0.2, -0.15) is 0 Å². The van der Waals surface area contributed by atoms with Gasteiger partial charge in [0.25, 0.3) is 5.56 Å². The lowest BCUT2D eigenvalue weighted by atomic mass is 10.3. The van der Waals surface area contributed by atoms with Crippen LogP contribution in [0.2, 0.25) is 0 Å². The molecule has 0 spiro atoms. The van der Waals surface area contributed by atoms with Gasteiger partial charge < -0.3 is 5.32 Å². The van der Waals surface area contributed by atoms with E-state index < -0.39 is 0 Å². The normalized spacial score (nSPS) is 10.7.